The summed E-state index contributed by atoms with van der Waals surface area (Å²) >= 11 is 0. The van der Waals surface area contributed by atoms with E-state index in [9.17, 15) is 22.4 Å². The first-order valence-corrected chi connectivity index (χ1v) is 12.4. The SMILES string of the molecule is O=C(c1cc2nc(-c3ccc(F)cc3)cc(C(F)(F)F)n2n1)N(C1CCCCC1)C1CCCCC1. The predicted molar refractivity (Wildman–Crippen MR) is 123 cm³/mol. The summed E-state index contributed by atoms with van der Waals surface area (Å²) in [5.74, 6) is -0.806. The number of carbonyl (C=O) groups excluding carboxylic acids is 1. The predicted octanol–water partition coefficient (Wildman–Crippen LogP) is 6.66. The van der Waals surface area contributed by atoms with Gasteiger partial charge in [0.05, 0.1) is 5.69 Å². The molecule has 35 heavy (non-hydrogen) atoms. The molecule has 5 rings (SSSR count). The summed E-state index contributed by atoms with van der Waals surface area (Å²) in [6.45, 7) is 0. The van der Waals surface area contributed by atoms with Gasteiger partial charge in [0.15, 0.2) is 17.0 Å². The van der Waals surface area contributed by atoms with Crippen LogP contribution in [0.4, 0.5) is 17.6 Å². The molecule has 0 spiro atoms. The number of halogens is 4. The third kappa shape index (κ3) is 4.90. The number of alkyl halides is 3. The van der Waals surface area contributed by atoms with Gasteiger partial charge in [0, 0.05) is 23.7 Å². The van der Waals surface area contributed by atoms with E-state index in [0.717, 1.165) is 70.3 Å². The molecule has 0 N–H and O–H groups in total. The van der Waals surface area contributed by atoms with Crippen LogP contribution in [0.25, 0.3) is 16.9 Å². The van der Waals surface area contributed by atoms with E-state index in [4.69, 9.17) is 0 Å². The first-order chi connectivity index (χ1) is 16.8. The molecule has 186 valence electrons. The summed E-state index contributed by atoms with van der Waals surface area (Å²) in [5, 5.41) is 4.12. The van der Waals surface area contributed by atoms with E-state index < -0.39 is 17.7 Å². The molecular formula is C26H28F4N4O. The van der Waals surface area contributed by atoms with Crippen molar-refractivity contribution < 1.29 is 22.4 Å². The molecule has 0 unspecified atom stereocenters. The van der Waals surface area contributed by atoms with Gasteiger partial charge < -0.3 is 4.90 Å². The molecule has 2 heterocycles. The van der Waals surface area contributed by atoms with E-state index in [-0.39, 0.29) is 35.0 Å². The number of benzene rings is 1. The van der Waals surface area contributed by atoms with Crippen molar-refractivity contribution in [2.24, 2.45) is 0 Å². The number of amides is 1. The standard InChI is InChI=1S/C26H28F4N4O/c27-18-13-11-17(12-14-18)21-15-23(26(28,29)30)34-24(31-21)16-22(32-34)25(35)33(19-7-3-1-4-8-19)20-9-5-2-6-10-20/h11-16,19-20H,1-10H2. The number of carbonyl (C=O) groups is 1. The lowest BCUT2D eigenvalue weighted by Gasteiger charge is -2.41. The molecule has 5 nitrogen and oxygen atoms in total. The topological polar surface area (TPSA) is 50.5 Å². The zero-order valence-electron chi connectivity index (χ0n) is 19.4. The largest absolute Gasteiger partial charge is 0.433 e. The molecule has 2 saturated carbocycles. The molecule has 0 radical (unpaired) electrons. The molecule has 0 bridgehead atoms. The van der Waals surface area contributed by atoms with Crippen molar-refractivity contribution >= 4 is 11.6 Å². The fourth-order valence-electron chi connectivity index (χ4n) is 5.53. The zero-order chi connectivity index (χ0) is 24.6. The Labute approximate surface area is 201 Å². The fraction of sp³-hybridized carbons (Fsp3) is 0.500. The van der Waals surface area contributed by atoms with E-state index in [0.29, 0.717) is 10.1 Å². The first-order valence-electron chi connectivity index (χ1n) is 12.4. The van der Waals surface area contributed by atoms with E-state index >= 15 is 0 Å². The summed E-state index contributed by atoms with van der Waals surface area (Å²) in [6, 6.07) is 7.53. The van der Waals surface area contributed by atoms with E-state index in [1.165, 1.54) is 30.3 Å². The van der Waals surface area contributed by atoms with Crippen molar-refractivity contribution in [2.75, 3.05) is 0 Å². The molecule has 3 aromatic rings. The van der Waals surface area contributed by atoms with Gasteiger partial charge in [-0.2, -0.15) is 18.3 Å². The Balaban J connectivity index is 1.57. The highest BCUT2D eigenvalue weighted by atomic mass is 19.4. The van der Waals surface area contributed by atoms with Crippen LogP contribution in [0, 0.1) is 5.82 Å². The van der Waals surface area contributed by atoms with Crippen molar-refractivity contribution in [1.29, 1.82) is 0 Å². The minimum Gasteiger partial charge on any atom is -0.331 e. The summed E-state index contributed by atoms with van der Waals surface area (Å²) in [6.07, 6.45) is 5.42. The molecule has 0 saturated heterocycles. The number of rotatable bonds is 4. The number of nitrogens with zero attached hydrogens (tertiary/aromatic N) is 4. The number of hydrogen-bond acceptors (Lipinski definition) is 3. The number of aromatic nitrogens is 3. The lowest BCUT2D eigenvalue weighted by atomic mass is 9.88. The minimum atomic E-state index is -4.71. The van der Waals surface area contributed by atoms with E-state index in [1.54, 1.807) is 0 Å². The summed E-state index contributed by atoms with van der Waals surface area (Å²) in [5.41, 5.74) is -0.715. The Hall–Kier alpha value is -2.97. The second kappa shape index (κ2) is 9.59. The first kappa shape index (κ1) is 23.8. The molecular weight excluding hydrogens is 460 g/mol. The van der Waals surface area contributed by atoms with Crippen molar-refractivity contribution in [3.8, 4) is 11.3 Å². The lowest BCUT2D eigenvalue weighted by molar-refractivity contribution is -0.142. The maximum atomic E-state index is 14.0. The van der Waals surface area contributed by atoms with E-state index in [1.807, 2.05) is 4.90 Å². The fourth-order valence-corrected chi connectivity index (χ4v) is 5.53. The van der Waals surface area contributed by atoms with E-state index in [2.05, 4.69) is 10.1 Å². The van der Waals surface area contributed by atoms with Crippen molar-refractivity contribution in [3.63, 3.8) is 0 Å². The van der Waals surface area contributed by atoms with Crippen LogP contribution in [-0.2, 0) is 6.18 Å². The summed E-state index contributed by atoms with van der Waals surface area (Å²) in [4.78, 5) is 20.0. The molecule has 0 aliphatic heterocycles. The average molecular weight is 489 g/mol. The Kier molecular flexibility index (Phi) is 6.51. The van der Waals surface area contributed by atoms with Crippen LogP contribution in [0.5, 0.6) is 0 Å². The van der Waals surface area contributed by atoms with Crippen LogP contribution in [0.3, 0.4) is 0 Å². The normalized spacial score (nSPS) is 18.2. The third-order valence-corrected chi connectivity index (χ3v) is 7.25. The van der Waals surface area contributed by atoms with Crippen LogP contribution in [0.15, 0.2) is 36.4 Å². The highest BCUT2D eigenvalue weighted by Crippen LogP contribution is 2.34. The van der Waals surface area contributed by atoms with Crippen molar-refractivity contribution in [2.45, 2.75) is 82.5 Å². The van der Waals surface area contributed by atoms with Crippen molar-refractivity contribution in [3.05, 3.63) is 53.6 Å². The summed E-state index contributed by atoms with van der Waals surface area (Å²) < 4.78 is 56.0. The number of hydrogen-bond donors (Lipinski definition) is 0. The van der Waals surface area contributed by atoms with Gasteiger partial charge in [-0.15, -0.1) is 0 Å². The highest BCUT2D eigenvalue weighted by Gasteiger charge is 2.37. The molecule has 2 aliphatic rings. The van der Waals surface area contributed by atoms with Gasteiger partial charge in [-0.05, 0) is 56.0 Å². The zero-order valence-corrected chi connectivity index (χ0v) is 19.4. The maximum absolute atomic E-state index is 14.0. The number of fused-ring (bicyclic) bond motifs is 1. The van der Waals surface area contributed by atoms with Gasteiger partial charge in [0.1, 0.15) is 5.82 Å². The van der Waals surface area contributed by atoms with Crippen LogP contribution < -0.4 is 0 Å². The quantitative estimate of drug-likeness (QED) is 0.386. The Morgan fingerprint density at radius 1 is 0.886 bits per heavy atom. The van der Waals surface area contributed by atoms with Gasteiger partial charge in [0.2, 0.25) is 0 Å². The molecule has 1 amide bonds. The van der Waals surface area contributed by atoms with Gasteiger partial charge >= 0.3 is 6.18 Å². The Morgan fingerprint density at radius 2 is 1.46 bits per heavy atom. The summed E-state index contributed by atoms with van der Waals surface area (Å²) in [7, 11) is 0. The average Bonchev–Trinajstić information content (AvgIpc) is 3.29. The third-order valence-electron chi connectivity index (χ3n) is 7.25. The maximum Gasteiger partial charge on any atom is 0.433 e. The Bertz CT molecular complexity index is 1170. The molecule has 0 atom stereocenters. The highest BCUT2D eigenvalue weighted by molar-refractivity contribution is 5.94. The molecule has 2 fully saturated rings. The Morgan fingerprint density at radius 3 is 2.00 bits per heavy atom. The second-order valence-electron chi connectivity index (χ2n) is 9.63. The molecule has 1 aromatic carbocycles. The van der Waals surface area contributed by atoms with Crippen LogP contribution in [-0.4, -0.2) is 37.5 Å². The van der Waals surface area contributed by atoms with Crippen LogP contribution >= 0.6 is 0 Å². The van der Waals surface area contributed by atoms with Gasteiger partial charge in [-0.3, -0.25) is 4.79 Å². The van der Waals surface area contributed by atoms with Crippen LogP contribution in [0.2, 0.25) is 0 Å². The molecule has 2 aromatic heterocycles. The van der Waals surface area contributed by atoms with Gasteiger partial charge in [-0.1, -0.05) is 38.5 Å². The minimum absolute atomic E-state index is 0.0181. The smallest absolute Gasteiger partial charge is 0.331 e. The van der Waals surface area contributed by atoms with Crippen LogP contribution in [0.1, 0.15) is 80.4 Å². The monoisotopic (exact) mass is 488 g/mol. The van der Waals surface area contributed by atoms with Gasteiger partial charge in [0.25, 0.3) is 5.91 Å². The van der Waals surface area contributed by atoms with Crippen molar-refractivity contribution in [1.82, 2.24) is 19.5 Å². The second-order valence-corrected chi connectivity index (χ2v) is 9.63. The molecule has 2 aliphatic carbocycles. The van der Waals surface area contributed by atoms with Gasteiger partial charge in [-0.25, -0.2) is 13.9 Å². The lowest BCUT2D eigenvalue weighted by Crippen LogP contribution is -2.49. The molecule has 9 heteroatoms.